The largest absolute Gasteiger partial charge is 0.434 e. The molecule has 2 N–H and O–H groups in total. The summed E-state index contributed by atoms with van der Waals surface area (Å²) in [6.45, 7) is 3.29. The van der Waals surface area contributed by atoms with Crippen LogP contribution in [0.1, 0.15) is 33.1 Å². The minimum atomic E-state index is -1.14. The lowest BCUT2D eigenvalue weighted by molar-refractivity contribution is -0.174. The van der Waals surface area contributed by atoms with Crippen LogP contribution >= 0.6 is 0 Å². The summed E-state index contributed by atoms with van der Waals surface area (Å²) in [5.74, 6) is -0.751. The summed E-state index contributed by atoms with van der Waals surface area (Å²) in [6.07, 6.45) is -0.162. The third-order valence-corrected chi connectivity index (χ3v) is 1.39. The highest BCUT2D eigenvalue weighted by Gasteiger charge is 2.17. The van der Waals surface area contributed by atoms with Crippen molar-refractivity contribution in [3.63, 3.8) is 0 Å². The van der Waals surface area contributed by atoms with Gasteiger partial charge in [-0.05, 0) is 13.3 Å². The van der Waals surface area contributed by atoms with E-state index >= 15 is 0 Å². The fourth-order valence-corrected chi connectivity index (χ4v) is 0.762. The van der Waals surface area contributed by atoms with E-state index in [9.17, 15) is 4.79 Å². The van der Waals surface area contributed by atoms with Crippen LogP contribution in [0, 0.1) is 0 Å². The third-order valence-electron chi connectivity index (χ3n) is 1.39. The van der Waals surface area contributed by atoms with E-state index in [1.54, 1.807) is 0 Å². The summed E-state index contributed by atoms with van der Waals surface area (Å²) in [4.78, 5) is 10.8. The van der Waals surface area contributed by atoms with Crippen molar-refractivity contribution in [1.29, 1.82) is 0 Å². The van der Waals surface area contributed by atoms with Crippen molar-refractivity contribution in [3.8, 4) is 0 Å². The lowest BCUT2D eigenvalue weighted by Gasteiger charge is -2.11. The number of carbonyl (C=O) groups excluding carboxylic acids is 1. The molecule has 0 aliphatic heterocycles. The van der Waals surface area contributed by atoms with Gasteiger partial charge in [0.15, 0.2) is 12.4 Å². The van der Waals surface area contributed by atoms with Crippen LogP contribution in [0.3, 0.4) is 0 Å². The van der Waals surface area contributed by atoms with Gasteiger partial charge in [-0.1, -0.05) is 19.8 Å². The van der Waals surface area contributed by atoms with Crippen LogP contribution in [0.15, 0.2) is 0 Å². The second-order valence-electron chi connectivity index (χ2n) is 2.69. The van der Waals surface area contributed by atoms with Crippen LogP contribution in [0.5, 0.6) is 0 Å². The van der Waals surface area contributed by atoms with Crippen LogP contribution in [0.4, 0.5) is 0 Å². The number of rotatable bonds is 5. The first kappa shape index (κ1) is 11.4. The maximum atomic E-state index is 10.8. The van der Waals surface area contributed by atoms with Crippen molar-refractivity contribution in [2.75, 3.05) is 0 Å². The molecule has 0 saturated heterocycles. The van der Waals surface area contributed by atoms with Gasteiger partial charge in [0, 0.05) is 0 Å². The van der Waals surface area contributed by atoms with E-state index in [1.165, 1.54) is 6.92 Å². The Balaban J connectivity index is 3.61. The summed E-state index contributed by atoms with van der Waals surface area (Å²) >= 11 is 0. The number of aliphatic hydroxyl groups is 2. The fraction of sp³-hybridized carbons (Fsp3) is 0.875. The van der Waals surface area contributed by atoms with Crippen molar-refractivity contribution >= 4 is 5.97 Å². The smallest absolute Gasteiger partial charge is 0.337 e. The highest BCUT2D eigenvalue weighted by molar-refractivity contribution is 5.74. The Bertz CT molecular complexity index is 133. The Morgan fingerprint density at radius 3 is 2.50 bits per heavy atom. The topological polar surface area (TPSA) is 66.8 Å². The molecule has 0 aliphatic rings. The first-order valence-corrected chi connectivity index (χ1v) is 4.14. The standard InChI is InChI=1S/C8H16O4/c1-3-4-5-7(10)8(11)12-6(2)9/h6-7,9-10H,3-5H2,1-2H3/t6-,7+/m1/s1. The van der Waals surface area contributed by atoms with Crippen molar-refractivity contribution in [1.82, 2.24) is 0 Å². The lowest BCUT2D eigenvalue weighted by Crippen LogP contribution is -2.26. The van der Waals surface area contributed by atoms with Crippen LogP contribution in [0.25, 0.3) is 0 Å². The molecule has 12 heavy (non-hydrogen) atoms. The molecular weight excluding hydrogens is 160 g/mol. The maximum Gasteiger partial charge on any atom is 0.337 e. The molecule has 0 aromatic heterocycles. The Hall–Kier alpha value is -0.610. The van der Waals surface area contributed by atoms with E-state index in [-0.39, 0.29) is 0 Å². The summed E-state index contributed by atoms with van der Waals surface area (Å²) in [7, 11) is 0. The van der Waals surface area contributed by atoms with Crippen LogP contribution < -0.4 is 0 Å². The zero-order valence-corrected chi connectivity index (χ0v) is 7.49. The van der Waals surface area contributed by atoms with Gasteiger partial charge in [0.2, 0.25) is 0 Å². The number of ether oxygens (including phenoxy) is 1. The molecule has 0 amide bonds. The zero-order chi connectivity index (χ0) is 9.56. The minimum Gasteiger partial charge on any atom is -0.434 e. The molecule has 0 heterocycles. The normalized spacial score (nSPS) is 15.3. The number of esters is 1. The van der Waals surface area contributed by atoms with Gasteiger partial charge in [-0.15, -0.1) is 0 Å². The summed E-state index contributed by atoms with van der Waals surface area (Å²) < 4.78 is 4.38. The average molecular weight is 176 g/mol. The number of unbranched alkanes of at least 4 members (excludes halogenated alkanes) is 1. The molecule has 0 aliphatic carbocycles. The summed E-state index contributed by atoms with van der Waals surface area (Å²) in [5.41, 5.74) is 0. The van der Waals surface area contributed by atoms with Gasteiger partial charge in [-0.2, -0.15) is 0 Å². The third kappa shape index (κ3) is 5.09. The molecule has 0 aromatic carbocycles. The minimum absolute atomic E-state index is 0.391. The first-order chi connectivity index (χ1) is 5.57. The highest BCUT2D eigenvalue weighted by Crippen LogP contribution is 2.02. The van der Waals surface area contributed by atoms with E-state index in [2.05, 4.69) is 4.74 Å². The molecule has 4 nitrogen and oxygen atoms in total. The Kier molecular flexibility index (Phi) is 5.66. The van der Waals surface area contributed by atoms with Gasteiger partial charge >= 0.3 is 5.97 Å². The average Bonchev–Trinajstić information content (AvgIpc) is 1.98. The van der Waals surface area contributed by atoms with Crippen LogP contribution in [-0.2, 0) is 9.53 Å². The predicted molar refractivity (Wildman–Crippen MR) is 43.3 cm³/mol. The second-order valence-corrected chi connectivity index (χ2v) is 2.69. The van der Waals surface area contributed by atoms with Gasteiger partial charge in [0.25, 0.3) is 0 Å². The Labute approximate surface area is 72.2 Å². The first-order valence-electron chi connectivity index (χ1n) is 4.14. The quantitative estimate of drug-likeness (QED) is 0.470. The molecule has 0 aromatic rings. The van der Waals surface area contributed by atoms with Gasteiger partial charge < -0.3 is 14.9 Å². The molecular formula is C8H16O4. The SMILES string of the molecule is CCCC[C@H](O)C(=O)O[C@H](C)O. The van der Waals surface area contributed by atoms with E-state index in [0.717, 1.165) is 12.8 Å². The Morgan fingerprint density at radius 1 is 1.50 bits per heavy atom. The number of hydrogen-bond acceptors (Lipinski definition) is 4. The monoisotopic (exact) mass is 176 g/mol. The summed E-state index contributed by atoms with van der Waals surface area (Å²) in [6, 6.07) is 0. The van der Waals surface area contributed by atoms with Gasteiger partial charge in [0.05, 0.1) is 0 Å². The molecule has 0 unspecified atom stereocenters. The summed E-state index contributed by atoms with van der Waals surface area (Å²) in [5, 5.41) is 17.8. The van der Waals surface area contributed by atoms with Crippen molar-refractivity contribution < 1.29 is 19.7 Å². The molecule has 2 atom stereocenters. The van der Waals surface area contributed by atoms with Gasteiger partial charge in [-0.25, -0.2) is 4.79 Å². The van der Waals surface area contributed by atoms with E-state index in [4.69, 9.17) is 10.2 Å². The van der Waals surface area contributed by atoms with Gasteiger partial charge in [-0.3, -0.25) is 0 Å². The molecule has 0 bridgehead atoms. The second kappa shape index (κ2) is 5.97. The van der Waals surface area contributed by atoms with Crippen LogP contribution in [-0.4, -0.2) is 28.6 Å². The van der Waals surface area contributed by atoms with Crippen LogP contribution in [0.2, 0.25) is 0 Å². The van der Waals surface area contributed by atoms with E-state index in [1.807, 2.05) is 6.92 Å². The molecule has 0 saturated carbocycles. The number of hydrogen-bond donors (Lipinski definition) is 2. The maximum absolute atomic E-state index is 10.8. The van der Waals surface area contributed by atoms with E-state index in [0.29, 0.717) is 6.42 Å². The van der Waals surface area contributed by atoms with E-state index < -0.39 is 18.4 Å². The molecule has 0 spiro atoms. The highest BCUT2D eigenvalue weighted by atomic mass is 16.6. The van der Waals surface area contributed by atoms with Crippen molar-refractivity contribution in [2.45, 2.75) is 45.5 Å². The number of aliphatic hydroxyl groups excluding tert-OH is 2. The lowest BCUT2D eigenvalue weighted by atomic mass is 10.2. The Morgan fingerprint density at radius 2 is 2.08 bits per heavy atom. The molecule has 4 heteroatoms. The van der Waals surface area contributed by atoms with Crippen molar-refractivity contribution in [3.05, 3.63) is 0 Å². The zero-order valence-electron chi connectivity index (χ0n) is 7.49. The molecule has 72 valence electrons. The molecule has 0 fully saturated rings. The predicted octanol–water partition coefficient (Wildman–Crippen LogP) is 0.419. The molecule has 0 radical (unpaired) electrons. The fourth-order valence-electron chi connectivity index (χ4n) is 0.762. The molecule has 0 rings (SSSR count). The van der Waals surface area contributed by atoms with Crippen molar-refractivity contribution in [2.24, 2.45) is 0 Å². The number of carbonyl (C=O) groups is 1. The van der Waals surface area contributed by atoms with Gasteiger partial charge in [0.1, 0.15) is 0 Å².